The lowest BCUT2D eigenvalue weighted by molar-refractivity contribution is -0.141. The van der Waals surface area contributed by atoms with E-state index in [9.17, 15) is 18.0 Å². The summed E-state index contributed by atoms with van der Waals surface area (Å²) in [7, 11) is 0. The Balaban J connectivity index is 1.77. The smallest absolute Gasteiger partial charge is 0.307 e. The molecule has 0 spiro atoms. The Kier molecular flexibility index (Phi) is 4.54. The number of carbonyl (C=O) groups excluding carboxylic acids is 1. The molecule has 3 aromatic rings. The molecule has 9 heteroatoms. The predicted octanol–water partition coefficient (Wildman–Crippen LogP) is 3.55. The molecule has 0 unspecified atom stereocenters. The van der Waals surface area contributed by atoms with Crippen LogP contribution in [0.25, 0.3) is 11.1 Å². The lowest BCUT2D eigenvalue weighted by atomic mass is 10.0. The average Bonchev–Trinajstić information content (AvgIpc) is 3.14. The molecule has 0 saturated carbocycles. The highest BCUT2D eigenvalue weighted by molar-refractivity contribution is 5.94. The van der Waals surface area contributed by atoms with Crippen molar-refractivity contribution < 1.29 is 18.0 Å². The number of benzene rings is 1. The highest BCUT2D eigenvalue weighted by Crippen LogP contribution is 2.30. The first-order valence-electron chi connectivity index (χ1n) is 7.76. The molecule has 2 heterocycles. The van der Waals surface area contributed by atoms with Gasteiger partial charge in [0.1, 0.15) is 6.54 Å². The summed E-state index contributed by atoms with van der Waals surface area (Å²) in [5, 5.41) is 12.9. The maximum absolute atomic E-state index is 12.6. The van der Waals surface area contributed by atoms with E-state index in [2.05, 4.69) is 20.6 Å². The Hall–Kier alpha value is -3.10. The van der Waals surface area contributed by atoms with Crippen molar-refractivity contribution in [3.05, 3.63) is 53.5 Å². The van der Waals surface area contributed by atoms with Gasteiger partial charge in [0.25, 0.3) is 0 Å². The number of anilines is 1. The number of nitrogens with one attached hydrogen (secondary N) is 2. The summed E-state index contributed by atoms with van der Waals surface area (Å²) in [6, 6.07) is 8.52. The number of aryl methyl sites for hydroxylation is 2. The van der Waals surface area contributed by atoms with Gasteiger partial charge >= 0.3 is 6.18 Å². The van der Waals surface area contributed by atoms with E-state index < -0.39 is 17.8 Å². The van der Waals surface area contributed by atoms with E-state index in [1.54, 1.807) is 0 Å². The first-order chi connectivity index (χ1) is 12.2. The lowest BCUT2D eigenvalue weighted by Crippen LogP contribution is -2.20. The number of aromatic nitrogens is 4. The maximum Gasteiger partial charge on any atom is 0.435 e. The van der Waals surface area contributed by atoms with Gasteiger partial charge in [0.2, 0.25) is 5.91 Å². The summed E-state index contributed by atoms with van der Waals surface area (Å²) in [5.41, 5.74) is 2.39. The summed E-state index contributed by atoms with van der Waals surface area (Å²) in [5.74, 6) is -0.205. The molecule has 0 atom stereocenters. The summed E-state index contributed by atoms with van der Waals surface area (Å²) in [6.07, 6.45) is -3.43. The fourth-order valence-electron chi connectivity index (χ4n) is 2.59. The molecule has 136 valence electrons. The number of hydrogen-bond acceptors (Lipinski definition) is 3. The SMILES string of the molecule is Cc1cccc(-c2c(NC(=O)Cn3ccc(C(F)(F)F)n3)n[nH]c2C)c1. The molecule has 2 N–H and O–H groups in total. The first-order valence-corrected chi connectivity index (χ1v) is 7.76. The van der Waals surface area contributed by atoms with E-state index in [1.165, 1.54) is 0 Å². The molecule has 1 aromatic carbocycles. The van der Waals surface area contributed by atoms with E-state index in [4.69, 9.17) is 0 Å². The van der Waals surface area contributed by atoms with Crippen molar-refractivity contribution in [1.82, 2.24) is 20.0 Å². The van der Waals surface area contributed by atoms with Gasteiger partial charge in [-0.25, -0.2) is 0 Å². The van der Waals surface area contributed by atoms with Gasteiger partial charge in [0.05, 0.1) is 0 Å². The van der Waals surface area contributed by atoms with Crippen LogP contribution >= 0.6 is 0 Å². The third-order valence-corrected chi connectivity index (χ3v) is 3.75. The highest BCUT2D eigenvalue weighted by Gasteiger charge is 2.33. The fraction of sp³-hybridized carbons (Fsp3) is 0.235. The summed E-state index contributed by atoms with van der Waals surface area (Å²) < 4.78 is 38.6. The Bertz CT molecular complexity index is 942. The summed E-state index contributed by atoms with van der Waals surface area (Å²) in [6.45, 7) is 3.42. The van der Waals surface area contributed by atoms with Gasteiger partial charge in [-0.2, -0.15) is 23.4 Å². The lowest BCUT2D eigenvalue weighted by Gasteiger charge is -2.07. The van der Waals surface area contributed by atoms with Gasteiger partial charge in [0, 0.05) is 17.5 Å². The number of aromatic amines is 1. The molecule has 1 amide bonds. The van der Waals surface area contributed by atoms with Gasteiger partial charge in [-0.3, -0.25) is 14.6 Å². The van der Waals surface area contributed by atoms with E-state index in [-0.39, 0.29) is 6.54 Å². The summed E-state index contributed by atoms with van der Waals surface area (Å²) >= 11 is 0. The standard InChI is InChI=1S/C17H16F3N5O/c1-10-4-3-5-12(8-10)15-11(2)22-23-16(15)21-14(26)9-25-7-6-13(24-25)17(18,19)20/h3-8H,9H2,1-2H3,(H2,21,22,23,26). The van der Waals surface area contributed by atoms with Crippen LogP contribution in [-0.2, 0) is 17.5 Å². The number of alkyl halides is 3. The van der Waals surface area contributed by atoms with E-state index in [1.807, 2.05) is 38.1 Å². The Labute approximate surface area is 147 Å². The normalized spacial score (nSPS) is 11.6. The number of rotatable bonds is 4. The van der Waals surface area contributed by atoms with Crippen LogP contribution in [0.1, 0.15) is 17.0 Å². The Morgan fingerprint density at radius 3 is 2.69 bits per heavy atom. The molecule has 0 saturated heterocycles. The van der Waals surface area contributed by atoms with Crippen LogP contribution in [0.15, 0.2) is 36.5 Å². The average molecular weight is 363 g/mol. The minimum atomic E-state index is -4.54. The van der Waals surface area contributed by atoms with Gasteiger partial charge in [-0.1, -0.05) is 29.8 Å². The zero-order valence-corrected chi connectivity index (χ0v) is 14.1. The third-order valence-electron chi connectivity index (χ3n) is 3.75. The minimum absolute atomic E-state index is 0.321. The predicted molar refractivity (Wildman–Crippen MR) is 89.4 cm³/mol. The second-order valence-electron chi connectivity index (χ2n) is 5.89. The van der Waals surface area contributed by atoms with Crippen molar-refractivity contribution in [3.8, 4) is 11.1 Å². The number of halogens is 3. The second kappa shape index (κ2) is 6.66. The number of hydrogen-bond donors (Lipinski definition) is 2. The number of carbonyl (C=O) groups is 1. The summed E-state index contributed by atoms with van der Waals surface area (Å²) in [4.78, 5) is 12.2. The first kappa shape index (κ1) is 17.7. The monoisotopic (exact) mass is 363 g/mol. The quantitative estimate of drug-likeness (QED) is 0.744. The molecule has 0 fully saturated rings. The maximum atomic E-state index is 12.6. The van der Waals surface area contributed by atoms with Crippen LogP contribution in [0.4, 0.5) is 19.0 Å². The van der Waals surface area contributed by atoms with Crippen LogP contribution in [0.5, 0.6) is 0 Å². The zero-order valence-electron chi connectivity index (χ0n) is 14.1. The molecule has 3 rings (SSSR count). The van der Waals surface area contributed by atoms with Crippen molar-refractivity contribution in [2.75, 3.05) is 5.32 Å². The zero-order chi connectivity index (χ0) is 18.9. The Morgan fingerprint density at radius 1 is 1.27 bits per heavy atom. The Morgan fingerprint density at radius 2 is 2.04 bits per heavy atom. The van der Waals surface area contributed by atoms with Gasteiger partial charge in [0.15, 0.2) is 11.5 Å². The minimum Gasteiger partial charge on any atom is -0.307 e. The van der Waals surface area contributed by atoms with Crippen molar-refractivity contribution >= 4 is 11.7 Å². The number of H-pyrrole nitrogens is 1. The van der Waals surface area contributed by atoms with Crippen molar-refractivity contribution in [2.24, 2.45) is 0 Å². The molecule has 0 aliphatic carbocycles. The highest BCUT2D eigenvalue weighted by atomic mass is 19.4. The molecule has 26 heavy (non-hydrogen) atoms. The van der Waals surface area contributed by atoms with E-state index >= 15 is 0 Å². The topological polar surface area (TPSA) is 75.6 Å². The molecule has 0 radical (unpaired) electrons. The van der Waals surface area contributed by atoms with Crippen molar-refractivity contribution in [2.45, 2.75) is 26.6 Å². The van der Waals surface area contributed by atoms with Crippen LogP contribution in [0.2, 0.25) is 0 Å². The van der Waals surface area contributed by atoms with Crippen LogP contribution < -0.4 is 5.32 Å². The van der Waals surface area contributed by atoms with Gasteiger partial charge < -0.3 is 5.32 Å². The van der Waals surface area contributed by atoms with E-state index in [0.29, 0.717) is 5.82 Å². The molecule has 6 nitrogen and oxygen atoms in total. The van der Waals surface area contributed by atoms with Crippen LogP contribution in [-0.4, -0.2) is 25.9 Å². The fourth-order valence-corrected chi connectivity index (χ4v) is 2.59. The molecule has 2 aromatic heterocycles. The number of nitrogens with zero attached hydrogens (tertiary/aromatic N) is 3. The van der Waals surface area contributed by atoms with Crippen molar-refractivity contribution in [1.29, 1.82) is 0 Å². The molecular weight excluding hydrogens is 347 g/mol. The molecule has 0 bridgehead atoms. The molecule has 0 aliphatic rings. The van der Waals surface area contributed by atoms with Gasteiger partial charge in [-0.05, 0) is 25.5 Å². The largest absolute Gasteiger partial charge is 0.435 e. The molecule has 0 aliphatic heterocycles. The second-order valence-corrected chi connectivity index (χ2v) is 5.89. The van der Waals surface area contributed by atoms with Crippen LogP contribution in [0, 0.1) is 13.8 Å². The third kappa shape index (κ3) is 3.76. The van der Waals surface area contributed by atoms with E-state index in [0.717, 1.165) is 39.3 Å². The molecular formula is C17H16F3N5O. The van der Waals surface area contributed by atoms with Crippen LogP contribution in [0.3, 0.4) is 0 Å². The van der Waals surface area contributed by atoms with Crippen molar-refractivity contribution in [3.63, 3.8) is 0 Å². The number of amides is 1. The van der Waals surface area contributed by atoms with Gasteiger partial charge in [-0.15, -0.1) is 0 Å².